The molecule has 0 saturated heterocycles. The van der Waals surface area contributed by atoms with Crippen LogP contribution in [0.15, 0.2) is 0 Å². The van der Waals surface area contributed by atoms with Crippen LogP contribution in [0, 0.1) is 0 Å². The van der Waals surface area contributed by atoms with Crippen molar-refractivity contribution in [2.75, 3.05) is 13.2 Å². The van der Waals surface area contributed by atoms with Gasteiger partial charge in [-0.2, -0.15) is 43.2 Å². The van der Waals surface area contributed by atoms with Crippen LogP contribution in [0.3, 0.4) is 0 Å². The second kappa shape index (κ2) is 12.4. The molecule has 2 unspecified atom stereocenters. The van der Waals surface area contributed by atoms with E-state index >= 15 is 0 Å². The highest BCUT2D eigenvalue weighted by Gasteiger charge is 2.50. The lowest BCUT2D eigenvalue weighted by molar-refractivity contribution is -0.134. The molecule has 0 rings (SSSR count). The molecule has 30 heavy (non-hydrogen) atoms. The van der Waals surface area contributed by atoms with E-state index in [1.165, 1.54) is 0 Å². The number of rotatable bonds is 15. The average Bonchev–Trinajstić information content (AvgIpc) is 2.57. The van der Waals surface area contributed by atoms with Gasteiger partial charge in [-0.1, -0.05) is 52.4 Å². The standard InChI is InChI=1S/C16H28F6O6S2/c1-3-5-7-9-13(15(17,18)19)29(23,24)27-11-12-28-30(25,26)14(16(20,21)22)10-8-6-4-2/h13-14H,3-12H2,1-2H3. The Bertz CT molecular complexity index is 628. The summed E-state index contributed by atoms with van der Waals surface area (Å²) in [6.45, 7) is 1.09. The van der Waals surface area contributed by atoms with Gasteiger partial charge in [0.15, 0.2) is 10.5 Å². The lowest BCUT2D eigenvalue weighted by Crippen LogP contribution is -2.39. The number of halogens is 6. The maximum atomic E-state index is 13.0. The van der Waals surface area contributed by atoms with Crippen LogP contribution in [0.4, 0.5) is 26.3 Å². The summed E-state index contributed by atoms with van der Waals surface area (Å²) in [5.41, 5.74) is 0. The molecule has 0 spiro atoms. The monoisotopic (exact) mass is 494 g/mol. The molecule has 0 fully saturated rings. The van der Waals surface area contributed by atoms with E-state index in [0.29, 0.717) is 25.7 Å². The largest absolute Gasteiger partial charge is 0.407 e. The molecule has 0 heterocycles. The van der Waals surface area contributed by atoms with Gasteiger partial charge in [0.1, 0.15) is 0 Å². The third kappa shape index (κ3) is 10.6. The van der Waals surface area contributed by atoms with Crippen LogP contribution in [0.5, 0.6) is 0 Å². The molecule has 0 aliphatic carbocycles. The van der Waals surface area contributed by atoms with Crippen molar-refractivity contribution in [2.24, 2.45) is 0 Å². The Labute approximate surface area is 173 Å². The van der Waals surface area contributed by atoms with Gasteiger partial charge in [0.05, 0.1) is 13.2 Å². The van der Waals surface area contributed by atoms with Crippen molar-refractivity contribution < 1.29 is 51.5 Å². The predicted octanol–water partition coefficient (Wildman–Crippen LogP) is 4.70. The molecular formula is C16H28F6O6S2. The molecule has 6 nitrogen and oxygen atoms in total. The molecule has 2 atom stereocenters. The van der Waals surface area contributed by atoms with Gasteiger partial charge in [0, 0.05) is 0 Å². The molecule has 182 valence electrons. The minimum atomic E-state index is -5.17. The van der Waals surface area contributed by atoms with E-state index < -0.39 is 69.1 Å². The Kier molecular flexibility index (Phi) is 12.2. The summed E-state index contributed by atoms with van der Waals surface area (Å²) in [6, 6.07) is 0. The summed E-state index contributed by atoms with van der Waals surface area (Å²) in [7, 11) is -10.3. The third-order valence-electron chi connectivity index (χ3n) is 4.15. The van der Waals surface area contributed by atoms with Gasteiger partial charge in [0.25, 0.3) is 20.2 Å². The van der Waals surface area contributed by atoms with E-state index in [1.807, 2.05) is 0 Å². The van der Waals surface area contributed by atoms with Crippen LogP contribution >= 0.6 is 0 Å². The van der Waals surface area contributed by atoms with Gasteiger partial charge in [-0.15, -0.1) is 0 Å². The highest BCUT2D eigenvalue weighted by molar-refractivity contribution is 7.87. The summed E-state index contributed by atoms with van der Waals surface area (Å²) >= 11 is 0. The summed E-state index contributed by atoms with van der Waals surface area (Å²) in [5, 5.41) is -5.63. The van der Waals surface area contributed by atoms with Crippen molar-refractivity contribution in [2.45, 2.75) is 88.1 Å². The molecule has 14 heteroatoms. The number of hydrogen-bond donors (Lipinski definition) is 0. The maximum Gasteiger partial charge on any atom is 0.407 e. The lowest BCUT2D eigenvalue weighted by Gasteiger charge is -2.21. The summed E-state index contributed by atoms with van der Waals surface area (Å²) in [6.07, 6.45) is -9.94. The Morgan fingerprint density at radius 3 is 1.17 bits per heavy atom. The topological polar surface area (TPSA) is 86.7 Å². The normalized spacial score (nSPS) is 15.9. The predicted molar refractivity (Wildman–Crippen MR) is 97.7 cm³/mol. The van der Waals surface area contributed by atoms with Crippen molar-refractivity contribution >= 4 is 20.2 Å². The van der Waals surface area contributed by atoms with E-state index in [9.17, 15) is 43.2 Å². The second-order valence-electron chi connectivity index (χ2n) is 6.68. The SMILES string of the molecule is CCCCCC(C(F)(F)F)S(=O)(=O)OCCOS(=O)(=O)C(CCCCC)C(F)(F)F. The van der Waals surface area contributed by atoms with Crippen LogP contribution in [0.1, 0.15) is 65.2 Å². The first kappa shape index (κ1) is 29.4. The summed E-state index contributed by atoms with van der Waals surface area (Å²) < 4.78 is 134. The van der Waals surface area contributed by atoms with E-state index in [0.717, 1.165) is 0 Å². The van der Waals surface area contributed by atoms with E-state index in [2.05, 4.69) is 8.37 Å². The first-order valence-corrected chi connectivity index (χ1v) is 12.4. The van der Waals surface area contributed by atoms with Gasteiger partial charge >= 0.3 is 12.4 Å². The average molecular weight is 495 g/mol. The first-order chi connectivity index (χ1) is 13.6. The Morgan fingerprint density at radius 2 is 0.933 bits per heavy atom. The van der Waals surface area contributed by atoms with Gasteiger partial charge in [-0.25, -0.2) is 0 Å². The molecule has 0 aromatic rings. The van der Waals surface area contributed by atoms with E-state index in [1.54, 1.807) is 13.8 Å². The van der Waals surface area contributed by atoms with Gasteiger partial charge in [-0.05, 0) is 12.8 Å². The van der Waals surface area contributed by atoms with Gasteiger partial charge in [-0.3, -0.25) is 8.37 Å². The molecular weight excluding hydrogens is 466 g/mol. The molecule has 0 saturated carbocycles. The molecule has 0 bridgehead atoms. The zero-order valence-corrected chi connectivity index (χ0v) is 18.4. The highest BCUT2D eigenvalue weighted by atomic mass is 32.2. The van der Waals surface area contributed by atoms with Crippen LogP contribution in [0.25, 0.3) is 0 Å². The molecule has 0 amide bonds. The fourth-order valence-corrected chi connectivity index (χ4v) is 5.06. The minimum absolute atomic E-state index is 0.0286. The molecule has 0 aromatic carbocycles. The molecule has 0 radical (unpaired) electrons. The fraction of sp³-hybridized carbons (Fsp3) is 1.00. The number of hydrogen-bond acceptors (Lipinski definition) is 6. The zero-order chi connectivity index (χ0) is 23.6. The number of alkyl halides is 6. The van der Waals surface area contributed by atoms with Crippen LogP contribution in [0.2, 0.25) is 0 Å². The van der Waals surface area contributed by atoms with Crippen LogP contribution in [-0.2, 0) is 28.6 Å². The highest BCUT2D eigenvalue weighted by Crippen LogP contribution is 2.32. The molecule has 0 N–H and O–H groups in total. The number of unbranched alkanes of at least 4 members (excludes halogenated alkanes) is 4. The quantitative estimate of drug-likeness (QED) is 0.186. The molecule has 0 aliphatic rings. The van der Waals surface area contributed by atoms with Gasteiger partial charge < -0.3 is 0 Å². The van der Waals surface area contributed by atoms with Crippen molar-refractivity contribution in [1.82, 2.24) is 0 Å². The lowest BCUT2D eigenvalue weighted by atomic mass is 10.1. The Balaban J connectivity index is 4.97. The minimum Gasteiger partial charge on any atom is -0.267 e. The molecule has 0 aromatic heterocycles. The van der Waals surface area contributed by atoms with Crippen molar-refractivity contribution in [3.63, 3.8) is 0 Å². The summed E-state index contributed by atoms with van der Waals surface area (Å²) in [4.78, 5) is 0. The van der Waals surface area contributed by atoms with Crippen LogP contribution < -0.4 is 0 Å². The first-order valence-electron chi connectivity index (χ1n) is 9.49. The smallest absolute Gasteiger partial charge is 0.267 e. The Hall–Kier alpha value is -0.600. The van der Waals surface area contributed by atoms with Crippen LogP contribution in [-0.4, -0.2) is 52.9 Å². The van der Waals surface area contributed by atoms with Crippen molar-refractivity contribution in [3.05, 3.63) is 0 Å². The fourth-order valence-electron chi connectivity index (χ4n) is 2.57. The van der Waals surface area contributed by atoms with E-state index in [4.69, 9.17) is 0 Å². The van der Waals surface area contributed by atoms with Crippen molar-refractivity contribution in [3.8, 4) is 0 Å². The third-order valence-corrected chi connectivity index (χ3v) is 7.54. The second-order valence-corrected chi connectivity index (χ2v) is 10.3. The van der Waals surface area contributed by atoms with E-state index in [-0.39, 0.29) is 12.8 Å². The maximum absolute atomic E-state index is 13.0. The van der Waals surface area contributed by atoms with Crippen molar-refractivity contribution in [1.29, 1.82) is 0 Å². The molecule has 0 aliphatic heterocycles. The Morgan fingerprint density at radius 1 is 0.633 bits per heavy atom. The van der Waals surface area contributed by atoms with Gasteiger partial charge in [0.2, 0.25) is 0 Å². The zero-order valence-electron chi connectivity index (χ0n) is 16.8. The summed E-state index contributed by atoms with van der Waals surface area (Å²) in [5.74, 6) is 0.